The van der Waals surface area contributed by atoms with E-state index in [1.807, 2.05) is 0 Å². The molecular formula is C25H33N. The number of hydrogen-bond acceptors (Lipinski definition) is 1. The monoisotopic (exact) mass is 347 g/mol. The molecular weight excluding hydrogens is 314 g/mol. The molecule has 6 aliphatic rings. The lowest BCUT2D eigenvalue weighted by Crippen LogP contribution is -2.40. The molecule has 138 valence electrons. The Labute approximate surface area is 158 Å². The van der Waals surface area contributed by atoms with Crippen LogP contribution >= 0.6 is 0 Å². The van der Waals surface area contributed by atoms with Gasteiger partial charge in [-0.25, -0.2) is 0 Å². The first kappa shape index (κ1) is 15.1. The Morgan fingerprint density at radius 3 is 1.69 bits per heavy atom. The molecule has 7 rings (SSSR count). The predicted molar refractivity (Wildman–Crippen MR) is 104 cm³/mol. The zero-order valence-electron chi connectivity index (χ0n) is 16.1. The van der Waals surface area contributed by atoms with Crippen molar-refractivity contribution in [2.24, 2.45) is 35.5 Å². The lowest BCUT2D eigenvalue weighted by molar-refractivity contribution is 0.133. The quantitative estimate of drug-likeness (QED) is 0.637. The van der Waals surface area contributed by atoms with Crippen molar-refractivity contribution in [1.29, 1.82) is 0 Å². The van der Waals surface area contributed by atoms with Crippen molar-refractivity contribution in [3.8, 4) is 0 Å². The van der Waals surface area contributed by atoms with E-state index in [4.69, 9.17) is 4.98 Å². The van der Waals surface area contributed by atoms with Crippen molar-refractivity contribution in [3.05, 3.63) is 29.6 Å². The van der Waals surface area contributed by atoms with Crippen LogP contribution in [0.3, 0.4) is 0 Å². The van der Waals surface area contributed by atoms with E-state index in [0.717, 1.165) is 35.5 Å². The van der Waals surface area contributed by atoms with E-state index < -0.39 is 0 Å². The Morgan fingerprint density at radius 2 is 1.15 bits per heavy atom. The van der Waals surface area contributed by atoms with Crippen LogP contribution in [-0.4, -0.2) is 4.98 Å². The number of nitrogens with zero attached hydrogens (tertiary/aromatic N) is 1. The SMILES string of the molecule is c1ncc(C23CCC4CC(CC4C2)C3)cc1C12CCC3CC(CC3C1)C2. The molecule has 0 radical (unpaired) electrons. The second kappa shape index (κ2) is 4.95. The zero-order valence-corrected chi connectivity index (χ0v) is 16.1. The maximum absolute atomic E-state index is 4.90. The highest BCUT2D eigenvalue weighted by Crippen LogP contribution is 2.63. The third-order valence-corrected chi connectivity index (χ3v) is 10.5. The summed E-state index contributed by atoms with van der Waals surface area (Å²) in [5, 5.41) is 0. The van der Waals surface area contributed by atoms with E-state index >= 15 is 0 Å². The third kappa shape index (κ3) is 1.91. The van der Waals surface area contributed by atoms with Gasteiger partial charge >= 0.3 is 0 Å². The van der Waals surface area contributed by atoms with Crippen molar-refractivity contribution in [1.82, 2.24) is 4.98 Å². The van der Waals surface area contributed by atoms with Crippen LogP contribution in [0.2, 0.25) is 0 Å². The highest BCUT2D eigenvalue weighted by Gasteiger charge is 2.54. The second-order valence-electron chi connectivity index (χ2n) is 11.6. The highest BCUT2D eigenvalue weighted by molar-refractivity contribution is 5.35. The summed E-state index contributed by atoms with van der Waals surface area (Å²) in [5.41, 5.74) is 4.31. The fourth-order valence-corrected chi connectivity index (χ4v) is 9.60. The van der Waals surface area contributed by atoms with Crippen molar-refractivity contribution in [3.63, 3.8) is 0 Å². The van der Waals surface area contributed by atoms with Crippen molar-refractivity contribution in [2.45, 2.75) is 87.9 Å². The Kier molecular flexibility index (Phi) is 2.88. The van der Waals surface area contributed by atoms with Gasteiger partial charge in [-0.2, -0.15) is 0 Å². The Bertz CT molecular complexity index is 687. The fraction of sp³-hybridized carbons (Fsp3) is 0.800. The van der Waals surface area contributed by atoms with Gasteiger partial charge in [-0.05, 0) is 135 Å². The molecule has 1 heterocycles. The molecule has 0 aromatic carbocycles. The molecule has 6 fully saturated rings. The number of aromatic nitrogens is 1. The number of pyridine rings is 1. The summed E-state index contributed by atoms with van der Waals surface area (Å²) in [6, 6.07) is 2.70. The summed E-state index contributed by atoms with van der Waals surface area (Å²) in [4.78, 5) is 4.90. The van der Waals surface area contributed by atoms with E-state index in [1.54, 1.807) is 36.8 Å². The first-order valence-electron chi connectivity index (χ1n) is 11.7. The van der Waals surface area contributed by atoms with E-state index in [-0.39, 0.29) is 0 Å². The molecule has 0 spiro atoms. The Balaban J connectivity index is 1.28. The first-order chi connectivity index (χ1) is 12.7. The normalized spacial score (nSPS) is 53.4. The molecule has 0 N–H and O–H groups in total. The summed E-state index contributed by atoms with van der Waals surface area (Å²) in [7, 11) is 0. The van der Waals surface area contributed by atoms with Crippen molar-refractivity contribution < 1.29 is 0 Å². The maximum Gasteiger partial charge on any atom is 0.0305 e. The molecule has 26 heavy (non-hydrogen) atoms. The van der Waals surface area contributed by atoms with E-state index in [0.29, 0.717) is 10.8 Å². The molecule has 8 unspecified atom stereocenters. The van der Waals surface area contributed by atoms with Gasteiger partial charge < -0.3 is 0 Å². The third-order valence-electron chi connectivity index (χ3n) is 10.5. The molecule has 6 saturated carbocycles. The van der Waals surface area contributed by atoms with Crippen LogP contribution in [0.25, 0.3) is 0 Å². The summed E-state index contributed by atoms with van der Waals surface area (Å²) in [6.45, 7) is 0. The van der Waals surface area contributed by atoms with E-state index in [9.17, 15) is 0 Å². The van der Waals surface area contributed by atoms with Crippen molar-refractivity contribution >= 4 is 0 Å². The average Bonchev–Trinajstić information content (AvgIpc) is 3.00. The van der Waals surface area contributed by atoms with Gasteiger partial charge in [0.05, 0.1) is 0 Å². The van der Waals surface area contributed by atoms with Gasteiger partial charge in [0.25, 0.3) is 0 Å². The van der Waals surface area contributed by atoms with Crippen LogP contribution in [0.4, 0.5) is 0 Å². The number of rotatable bonds is 2. The zero-order chi connectivity index (χ0) is 16.9. The minimum absolute atomic E-state index is 0.505. The van der Waals surface area contributed by atoms with Crippen LogP contribution in [-0.2, 0) is 10.8 Å². The fourth-order valence-electron chi connectivity index (χ4n) is 9.60. The van der Waals surface area contributed by atoms with Crippen LogP contribution < -0.4 is 0 Å². The molecule has 0 aliphatic heterocycles. The Hall–Kier alpha value is -0.850. The number of fused-ring (bicyclic) bond motifs is 4. The standard InChI is InChI=1S/C25H33N/c1-3-24(10-16-5-18(1)20(7-16)12-24)22-9-23(15-26-14-22)25-4-2-19-6-17(11-25)8-21(19)13-25/h9,14-21H,1-8,10-13H2. The van der Waals surface area contributed by atoms with Gasteiger partial charge in [0.2, 0.25) is 0 Å². The first-order valence-corrected chi connectivity index (χ1v) is 11.7. The largest absolute Gasteiger partial charge is 0.264 e. The van der Waals surface area contributed by atoms with Crippen molar-refractivity contribution in [2.75, 3.05) is 0 Å². The summed E-state index contributed by atoms with van der Waals surface area (Å²) >= 11 is 0. The summed E-state index contributed by atoms with van der Waals surface area (Å²) < 4.78 is 0. The van der Waals surface area contributed by atoms with E-state index in [2.05, 4.69) is 18.5 Å². The van der Waals surface area contributed by atoms with Gasteiger partial charge in [0.1, 0.15) is 0 Å². The highest BCUT2D eigenvalue weighted by atomic mass is 14.7. The van der Waals surface area contributed by atoms with Crippen LogP contribution in [0, 0.1) is 35.5 Å². The second-order valence-corrected chi connectivity index (χ2v) is 11.6. The lowest BCUT2D eigenvalue weighted by atomic mass is 9.57. The molecule has 0 saturated heterocycles. The van der Waals surface area contributed by atoms with Crippen LogP contribution in [0.1, 0.15) is 88.2 Å². The maximum atomic E-state index is 4.90. The molecule has 6 aliphatic carbocycles. The predicted octanol–water partition coefficient (Wildman–Crippen LogP) is 6.02. The lowest BCUT2D eigenvalue weighted by Gasteiger charge is -2.47. The molecule has 8 atom stereocenters. The smallest absolute Gasteiger partial charge is 0.0305 e. The van der Waals surface area contributed by atoms with Gasteiger partial charge in [-0.15, -0.1) is 0 Å². The molecule has 0 amide bonds. The van der Waals surface area contributed by atoms with Gasteiger partial charge in [0.15, 0.2) is 0 Å². The molecule has 6 bridgehead atoms. The summed E-state index contributed by atoms with van der Waals surface area (Å²) in [5.74, 6) is 6.31. The van der Waals surface area contributed by atoms with Crippen LogP contribution in [0.15, 0.2) is 18.5 Å². The van der Waals surface area contributed by atoms with Gasteiger partial charge in [0, 0.05) is 12.4 Å². The molecule has 1 nitrogen and oxygen atoms in total. The average molecular weight is 348 g/mol. The summed E-state index contributed by atoms with van der Waals surface area (Å²) in [6.07, 6.45) is 22.6. The molecule has 1 aromatic rings. The van der Waals surface area contributed by atoms with Crippen LogP contribution in [0.5, 0.6) is 0 Å². The topological polar surface area (TPSA) is 12.9 Å². The number of hydrogen-bond donors (Lipinski definition) is 0. The minimum Gasteiger partial charge on any atom is -0.264 e. The Morgan fingerprint density at radius 1 is 0.654 bits per heavy atom. The molecule has 1 heteroatoms. The van der Waals surface area contributed by atoms with Gasteiger partial charge in [-0.1, -0.05) is 6.07 Å². The van der Waals surface area contributed by atoms with E-state index in [1.165, 1.54) is 51.4 Å². The molecule has 1 aromatic heterocycles. The minimum atomic E-state index is 0.505. The van der Waals surface area contributed by atoms with Gasteiger partial charge in [-0.3, -0.25) is 4.98 Å².